The van der Waals surface area contributed by atoms with Gasteiger partial charge in [0.05, 0.1) is 36.0 Å². The first-order chi connectivity index (χ1) is 16.6. The highest BCUT2D eigenvalue weighted by atomic mass is 15.3. The summed E-state index contributed by atoms with van der Waals surface area (Å²) in [6.07, 6.45) is 11.5. The van der Waals surface area contributed by atoms with Gasteiger partial charge in [0.1, 0.15) is 5.52 Å². The van der Waals surface area contributed by atoms with Gasteiger partial charge in [-0.15, -0.1) is 0 Å². The van der Waals surface area contributed by atoms with Crippen molar-refractivity contribution in [1.29, 1.82) is 0 Å². The number of fused-ring (bicyclic) bond motifs is 1. The van der Waals surface area contributed by atoms with E-state index in [-0.39, 0.29) is 0 Å². The van der Waals surface area contributed by atoms with Crippen molar-refractivity contribution in [3.63, 3.8) is 0 Å². The normalized spacial score (nSPS) is 14.6. The Morgan fingerprint density at radius 3 is 2.56 bits per heavy atom. The molecular weight excluding hydrogens is 430 g/mol. The summed E-state index contributed by atoms with van der Waals surface area (Å²) in [5.74, 6) is 0.804. The number of piperidine rings is 1. The van der Waals surface area contributed by atoms with Gasteiger partial charge in [0, 0.05) is 25.0 Å². The van der Waals surface area contributed by atoms with Gasteiger partial charge in [0.25, 0.3) is 0 Å². The van der Waals surface area contributed by atoms with Crippen LogP contribution in [0.2, 0.25) is 0 Å². The summed E-state index contributed by atoms with van der Waals surface area (Å²) in [6, 6.07) is 8.64. The van der Waals surface area contributed by atoms with Crippen LogP contribution in [0.1, 0.15) is 18.9 Å². The lowest BCUT2D eigenvalue weighted by Gasteiger charge is -2.22. The van der Waals surface area contributed by atoms with Crippen molar-refractivity contribution in [3.05, 3.63) is 55.2 Å². The fourth-order valence-corrected chi connectivity index (χ4v) is 4.38. The summed E-state index contributed by atoms with van der Waals surface area (Å²) in [7, 11) is 1.85. The van der Waals surface area contributed by atoms with Crippen LogP contribution in [0.15, 0.2) is 55.2 Å². The number of anilines is 3. The fraction of sp³-hybridized carbons (Fsp3) is 0.261. The summed E-state index contributed by atoms with van der Waals surface area (Å²) in [4.78, 5) is 13.4. The molecule has 1 saturated heterocycles. The molecule has 4 N–H and O–H groups in total. The van der Waals surface area contributed by atoms with Crippen LogP contribution in [0.3, 0.4) is 0 Å². The molecule has 34 heavy (non-hydrogen) atoms. The van der Waals surface area contributed by atoms with Crippen LogP contribution in [0.25, 0.3) is 28.0 Å². The second-order valence-corrected chi connectivity index (χ2v) is 8.47. The molecule has 4 aromatic heterocycles. The molecule has 1 aliphatic heterocycles. The molecule has 0 saturated carbocycles. The quantitative estimate of drug-likeness (QED) is 0.369. The number of rotatable bonds is 5. The Morgan fingerprint density at radius 2 is 1.79 bits per heavy atom. The molecule has 0 spiro atoms. The predicted molar refractivity (Wildman–Crippen MR) is 130 cm³/mol. The lowest BCUT2D eigenvalue weighted by Crippen LogP contribution is -2.29. The number of hydrogen-bond donors (Lipinski definition) is 3. The average molecular weight is 456 g/mol. The maximum absolute atomic E-state index is 6.26. The molecule has 6 rings (SSSR count). The van der Waals surface area contributed by atoms with E-state index in [9.17, 15) is 0 Å². The van der Waals surface area contributed by atoms with Crippen LogP contribution < -0.4 is 16.4 Å². The Labute approximate surface area is 195 Å². The number of imidazole rings is 1. The van der Waals surface area contributed by atoms with Crippen molar-refractivity contribution < 1.29 is 0 Å². The Morgan fingerprint density at radius 1 is 0.971 bits per heavy atom. The van der Waals surface area contributed by atoms with Gasteiger partial charge in [-0.1, -0.05) is 12.1 Å². The first kappa shape index (κ1) is 20.4. The van der Waals surface area contributed by atoms with Gasteiger partial charge < -0.3 is 16.4 Å². The van der Waals surface area contributed by atoms with Crippen molar-refractivity contribution >= 4 is 28.7 Å². The molecule has 11 nitrogen and oxygen atoms in total. The maximum Gasteiger partial charge on any atom is 0.229 e. The zero-order valence-corrected chi connectivity index (χ0v) is 18.8. The van der Waals surface area contributed by atoms with E-state index in [0.717, 1.165) is 48.4 Å². The van der Waals surface area contributed by atoms with Gasteiger partial charge >= 0.3 is 0 Å². The Balaban J connectivity index is 1.29. The highest BCUT2D eigenvalue weighted by molar-refractivity contribution is 5.78. The Kier molecular flexibility index (Phi) is 4.95. The van der Waals surface area contributed by atoms with E-state index in [1.165, 1.54) is 0 Å². The summed E-state index contributed by atoms with van der Waals surface area (Å²) >= 11 is 0. The number of nitrogens with one attached hydrogen (secondary N) is 2. The van der Waals surface area contributed by atoms with Crippen LogP contribution >= 0.6 is 0 Å². The summed E-state index contributed by atoms with van der Waals surface area (Å²) in [5.41, 5.74) is 11.4. The van der Waals surface area contributed by atoms with Crippen molar-refractivity contribution in [2.75, 3.05) is 24.1 Å². The van der Waals surface area contributed by atoms with E-state index >= 15 is 0 Å². The molecule has 1 aliphatic rings. The summed E-state index contributed by atoms with van der Waals surface area (Å²) in [6.45, 7) is 2.08. The molecule has 0 unspecified atom stereocenters. The molecule has 0 aliphatic carbocycles. The number of hydrogen-bond acceptors (Lipinski definition) is 8. The van der Waals surface area contributed by atoms with E-state index in [2.05, 4.69) is 58.8 Å². The van der Waals surface area contributed by atoms with Crippen LogP contribution in [-0.4, -0.2) is 52.2 Å². The standard InChI is InChI=1S/C23H25N11/c1-32-14-17(11-27-32)29-23-26-12-20-21(31-23)34(22(24)30-20)19-4-2-15(3-5-19)16-10-28-33(13-16)18-6-8-25-9-7-18/h2-5,10-14,18,25H,6-9H2,1H3,(H2,24,30)(H,26,29,31). The minimum Gasteiger partial charge on any atom is -0.369 e. The molecular formula is C23H25N11. The molecule has 172 valence electrons. The number of aromatic nitrogens is 8. The SMILES string of the molecule is Cn1cc(Nc2ncc3nc(N)n(-c4ccc(-c5cnn(C6CCNCC6)c5)cc4)c3n2)cn1. The van der Waals surface area contributed by atoms with E-state index in [1.807, 2.05) is 36.1 Å². The van der Waals surface area contributed by atoms with Crippen molar-refractivity contribution in [3.8, 4) is 16.8 Å². The lowest BCUT2D eigenvalue weighted by atomic mass is 10.1. The van der Waals surface area contributed by atoms with Crippen molar-refractivity contribution in [2.24, 2.45) is 7.05 Å². The number of nitrogens with zero attached hydrogens (tertiary/aromatic N) is 8. The molecule has 11 heteroatoms. The van der Waals surface area contributed by atoms with Gasteiger partial charge in [0.15, 0.2) is 5.65 Å². The third-order valence-electron chi connectivity index (χ3n) is 6.13. The first-order valence-corrected chi connectivity index (χ1v) is 11.3. The second-order valence-electron chi connectivity index (χ2n) is 8.47. The third-order valence-corrected chi connectivity index (χ3v) is 6.13. The molecule has 0 bridgehead atoms. The molecule has 1 fully saturated rings. The van der Waals surface area contributed by atoms with E-state index < -0.39 is 0 Å². The zero-order valence-electron chi connectivity index (χ0n) is 18.8. The highest BCUT2D eigenvalue weighted by Crippen LogP contribution is 2.27. The van der Waals surface area contributed by atoms with E-state index in [4.69, 9.17) is 5.73 Å². The van der Waals surface area contributed by atoms with Gasteiger partial charge in [-0.05, 0) is 43.6 Å². The van der Waals surface area contributed by atoms with Crippen LogP contribution in [-0.2, 0) is 7.05 Å². The Bertz CT molecular complexity index is 1440. The molecule has 5 aromatic rings. The molecule has 1 aromatic carbocycles. The number of nitrogens with two attached hydrogens (primary N) is 1. The molecule has 5 heterocycles. The van der Waals surface area contributed by atoms with Crippen LogP contribution in [0.4, 0.5) is 17.6 Å². The van der Waals surface area contributed by atoms with Gasteiger partial charge in [-0.2, -0.15) is 15.2 Å². The van der Waals surface area contributed by atoms with Crippen molar-refractivity contribution in [1.82, 2.24) is 44.4 Å². The van der Waals surface area contributed by atoms with Gasteiger partial charge in [-0.3, -0.25) is 13.9 Å². The van der Waals surface area contributed by atoms with Crippen LogP contribution in [0, 0.1) is 0 Å². The monoisotopic (exact) mass is 455 g/mol. The summed E-state index contributed by atoms with van der Waals surface area (Å²) in [5, 5.41) is 15.3. The van der Waals surface area contributed by atoms with Crippen LogP contribution in [0.5, 0.6) is 0 Å². The first-order valence-electron chi connectivity index (χ1n) is 11.3. The predicted octanol–water partition coefficient (Wildman–Crippen LogP) is 2.66. The number of benzene rings is 1. The van der Waals surface area contributed by atoms with Gasteiger partial charge in [-0.25, -0.2) is 9.97 Å². The number of aryl methyl sites for hydroxylation is 1. The molecule has 0 radical (unpaired) electrons. The maximum atomic E-state index is 6.26. The Hall–Kier alpha value is -4.25. The summed E-state index contributed by atoms with van der Waals surface area (Å²) < 4.78 is 5.63. The topological polar surface area (TPSA) is 129 Å². The average Bonchev–Trinajstić information content (AvgIpc) is 3.58. The highest BCUT2D eigenvalue weighted by Gasteiger charge is 2.17. The fourth-order valence-electron chi connectivity index (χ4n) is 4.38. The largest absolute Gasteiger partial charge is 0.369 e. The van der Waals surface area contributed by atoms with Gasteiger partial charge in [0.2, 0.25) is 11.9 Å². The third kappa shape index (κ3) is 3.75. The van der Waals surface area contributed by atoms with Crippen molar-refractivity contribution in [2.45, 2.75) is 18.9 Å². The number of nitrogen functional groups attached to an aromatic ring is 1. The zero-order chi connectivity index (χ0) is 23.1. The smallest absolute Gasteiger partial charge is 0.229 e. The second kappa shape index (κ2) is 8.27. The molecule has 0 atom stereocenters. The van der Waals surface area contributed by atoms with E-state index in [1.54, 1.807) is 17.1 Å². The minimum atomic E-state index is 0.356. The minimum absolute atomic E-state index is 0.356. The van der Waals surface area contributed by atoms with E-state index in [0.29, 0.717) is 29.1 Å². The lowest BCUT2D eigenvalue weighted by molar-refractivity contribution is 0.343. The molecule has 0 amide bonds.